The Morgan fingerprint density at radius 2 is 2.06 bits per heavy atom. The second-order valence-corrected chi connectivity index (χ2v) is 4.02. The van der Waals surface area contributed by atoms with E-state index in [0.717, 1.165) is 25.9 Å². The van der Waals surface area contributed by atoms with E-state index < -0.39 is 0 Å². The van der Waals surface area contributed by atoms with Crippen molar-refractivity contribution in [2.75, 3.05) is 13.1 Å². The molecular formula is C12H16ClFN2O. The van der Waals surface area contributed by atoms with Gasteiger partial charge in [-0.2, -0.15) is 0 Å². The minimum Gasteiger partial charge on any atom is -0.348 e. The molecule has 1 heterocycles. The van der Waals surface area contributed by atoms with Crippen LogP contribution in [0.4, 0.5) is 4.39 Å². The van der Waals surface area contributed by atoms with Crippen LogP contribution in [0.1, 0.15) is 23.2 Å². The summed E-state index contributed by atoms with van der Waals surface area (Å²) in [5.74, 6) is -0.454. The van der Waals surface area contributed by atoms with Gasteiger partial charge in [-0.25, -0.2) is 4.39 Å². The van der Waals surface area contributed by atoms with Gasteiger partial charge in [0.25, 0.3) is 5.91 Å². The van der Waals surface area contributed by atoms with Crippen molar-refractivity contribution in [3.8, 4) is 0 Å². The fourth-order valence-corrected chi connectivity index (χ4v) is 1.85. The maximum atomic E-state index is 12.7. The van der Waals surface area contributed by atoms with E-state index in [4.69, 9.17) is 0 Å². The zero-order valence-electron chi connectivity index (χ0n) is 9.41. The zero-order chi connectivity index (χ0) is 11.4. The van der Waals surface area contributed by atoms with Crippen molar-refractivity contribution < 1.29 is 9.18 Å². The van der Waals surface area contributed by atoms with Gasteiger partial charge in [0.05, 0.1) is 0 Å². The molecule has 0 spiro atoms. The fraction of sp³-hybridized carbons (Fsp3) is 0.417. The Labute approximate surface area is 106 Å². The molecule has 0 aliphatic carbocycles. The lowest BCUT2D eigenvalue weighted by molar-refractivity contribution is 0.0930. The van der Waals surface area contributed by atoms with Crippen LogP contribution in [0.5, 0.6) is 0 Å². The summed E-state index contributed by atoms with van der Waals surface area (Å²) < 4.78 is 12.7. The van der Waals surface area contributed by atoms with Crippen LogP contribution >= 0.6 is 12.4 Å². The van der Waals surface area contributed by atoms with Gasteiger partial charge in [-0.3, -0.25) is 4.79 Å². The van der Waals surface area contributed by atoms with E-state index in [1.807, 2.05) is 0 Å². The zero-order valence-corrected chi connectivity index (χ0v) is 10.2. The first-order valence-corrected chi connectivity index (χ1v) is 5.53. The van der Waals surface area contributed by atoms with Crippen LogP contribution < -0.4 is 10.6 Å². The fourth-order valence-electron chi connectivity index (χ4n) is 1.85. The molecule has 0 aromatic heterocycles. The summed E-state index contributed by atoms with van der Waals surface area (Å²) in [6, 6.07) is 5.79. The number of carbonyl (C=O) groups excluding carboxylic acids is 1. The van der Waals surface area contributed by atoms with E-state index >= 15 is 0 Å². The van der Waals surface area contributed by atoms with Gasteiger partial charge in [-0.15, -0.1) is 12.4 Å². The van der Waals surface area contributed by atoms with E-state index in [2.05, 4.69) is 10.6 Å². The molecular weight excluding hydrogens is 243 g/mol. The molecule has 1 amide bonds. The topological polar surface area (TPSA) is 41.1 Å². The number of hydrogen-bond acceptors (Lipinski definition) is 2. The molecule has 1 aliphatic rings. The quantitative estimate of drug-likeness (QED) is 0.848. The van der Waals surface area contributed by atoms with Gasteiger partial charge >= 0.3 is 0 Å². The number of piperidine rings is 1. The van der Waals surface area contributed by atoms with Gasteiger partial charge in [0.2, 0.25) is 0 Å². The average molecular weight is 259 g/mol. The Kier molecular flexibility index (Phi) is 5.38. The molecule has 2 N–H and O–H groups in total. The SMILES string of the molecule is Cl.O=C(NC1CCCNC1)c1ccc(F)cc1. The standard InChI is InChI=1S/C12H15FN2O.ClH/c13-10-5-3-9(4-6-10)12(16)15-11-2-1-7-14-8-11;/h3-6,11,14H,1-2,7-8H2,(H,15,16);1H. The van der Waals surface area contributed by atoms with E-state index in [1.54, 1.807) is 0 Å². The Hall–Kier alpha value is -1.13. The van der Waals surface area contributed by atoms with Gasteiger partial charge in [-0.1, -0.05) is 0 Å². The molecule has 1 aliphatic heterocycles. The molecule has 5 heteroatoms. The molecule has 1 aromatic carbocycles. The highest BCUT2D eigenvalue weighted by Crippen LogP contribution is 2.05. The maximum absolute atomic E-state index is 12.7. The number of amides is 1. The minimum absolute atomic E-state index is 0. The van der Waals surface area contributed by atoms with Crippen LogP contribution in [0, 0.1) is 5.82 Å². The molecule has 94 valence electrons. The monoisotopic (exact) mass is 258 g/mol. The summed E-state index contributed by atoms with van der Waals surface area (Å²) in [6.45, 7) is 1.83. The van der Waals surface area contributed by atoms with Crippen LogP contribution in [-0.4, -0.2) is 25.0 Å². The molecule has 1 aromatic rings. The molecule has 0 radical (unpaired) electrons. The highest BCUT2D eigenvalue weighted by molar-refractivity contribution is 5.94. The second kappa shape index (κ2) is 6.57. The lowest BCUT2D eigenvalue weighted by Crippen LogP contribution is -2.45. The highest BCUT2D eigenvalue weighted by atomic mass is 35.5. The smallest absolute Gasteiger partial charge is 0.251 e. The predicted octanol–water partition coefficient (Wildman–Crippen LogP) is 1.73. The van der Waals surface area contributed by atoms with Crippen molar-refractivity contribution in [3.05, 3.63) is 35.6 Å². The average Bonchev–Trinajstić information content (AvgIpc) is 2.31. The first kappa shape index (κ1) is 13.9. The lowest BCUT2D eigenvalue weighted by Gasteiger charge is -2.23. The van der Waals surface area contributed by atoms with Gasteiger partial charge in [0.1, 0.15) is 5.82 Å². The second-order valence-electron chi connectivity index (χ2n) is 4.02. The van der Waals surface area contributed by atoms with Gasteiger partial charge in [-0.05, 0) is 43.7 Å². The molecule has 1 atom stereocenters. The van der Waals surface area contributed by atoms with Crippen molar-refractivity contribution >= 4 is 18.3 Å². The van der Waals surface area contributed by atoms with Crippen LogP contribution in [0.2, 0.25) is 0 Å². The Morgan fingerprint density at radius 1 is 1.35 bits per heavy atom. The molecule has 1 fully saturated rings. The predicted molar refractivity (Wildman–Crippen MR) is 67.0 cm³/mol. The van der Waals surface area contributed by atoms with E-state index in [0.29, 0.717) is 5.56 Å². The molecule has 0 saturated carbocycles. The molecule has 17 heavy (non-hydrogen) atoms. The molecule has 3 nitrogen and oxygen atoms in total. The summed E-state index contributed by atoms with van der Waals surface area (Å²) in [5, 5.41) is 6.16. The van der Waals surface area contributed by atoms with Gasteiger partial charge in [0.15, 0.2) is 0 Å². The molecule has 2 rings (SSSR count). The van der Waals surface area contributed by atoms with Crippen molar-refractivity contribution in [1.29, 1.82) is 0 Å². The van der Waals surface area contributed by atoms with Gasteiger partial charge in [0, 0.05) is 18.2 Å². The largest absolute Gasteiger partial charge is 0.348 e. The summed E-state index contributed by atoms with van der Waals surface area (Å²) in [6.07, 6.45) is 2.08. The minimum atomic E-state index is -0.323. The summed E-state index contributed by atoms with van der Waals surface area (Å²) in [4.78, 5) is 11.8. The first-order chi connectivity index (χ1) is 7.75. The van der Waals surface area contributed by atoms with Crippen molar-refractivity contribution in [1.82, 2.24) is 10.6 Å². The molecule has 1 saturated heterocycles. The van der Waals surface area contributed by atoms with Crippen LogP contribution in [0.25, 0.3) is 0 Å². The number of benzene rings is 1. The summed E-state index contributed by atoms with van der Waals surface area (Å²) in [7, 11) is 0. The van der Waals surface area contributed by atoms with E-state index in [-0.39, 0.29) is 30.2 Å². The normalized spacial score (nSPS) is 19.2. The summed E-state index contributed by atoms with van der Waals surface area (Å²) in [5.41, 5.74) is 0.506. The third kappa shape index (κ3) is 3.98. The number of rotatable bonds is 2. The van der Waals surface area contributed by atoms with E-state index in [1.165, 1.54) is 24.3 Å². The third-order valence-electron chi connectivity index (χ3n) is 2.74. The number of halogens is 2. The van der Waals surface area contributed by atoms with Crippen LogP contribution in [0.15, 0.2) is 24.3 Å². The molecule has 0 bridgehead atoms. The number of carbonyl (C=O) groups is 1. The molecule has 1 unspecified atom stereocenters. The van der Waals surface area contributed by atoms with Crippen LogP contribution in [0.3, 0.4) is 0 Å². The highest BCUT2D eigenvalue weighted by Gasteiger charge is 2.15. The van der Waals surface area contributed by atoms with E-state index in [9.17, 15) is 9.18 Å². The first-order valence-electron chi connectivity index (χ1n) is 5.53. The van der Waals surface area contributed by atoms with Gasteiger partial charge < -0.3 is 10.6 Å². The summed E-state index contributed by atoms with van der Waals surface area (Å²) >= 11 is 0. The Morgan fingerprint density at radius 3 is 2.65 bits per heavy atom. The third-order valence-corrected chi connectivity index (χ3v) is 2.74. The maximum Gasteiger partial charge on any atom is 0.251 e. The number of nitrogens with one attached hydrogen (secondary N) is 2. The number of hydrogen-bond donors (Lipinski definition) is 2. The Balaban J connectivity index is 0.00000144. The van der Waals surface area contributed by atoms with Crippen molar-refractivity contribution in [3.63, 3.8) is 0 Å². The van der Waals surface area contributed by atoms with Crippen molar-refractivity contribution in [2.45, 2.75) is 18.9 Å². The van der Waals surface area contributed by atoms with Crippen molar-refractivity contribution in [2.24, 2.45) is 0 Å². The lowest BCUT2D eigenvalue weighted by atomic mass is 10.1. The Bertz CT molecular complexity index is 363. The van der Waals surface area contributed by atoms with Crippen LogP contribution in [-0.2, 0) is 0 Å².